The van der Waals surface area contributed by atoms with Gasteiger partial charge in [0, 0.05) is 32.6 Å². The van der Waals surface area contributed by atoms with E-state index in [4.69, 9.17) is 14.2 Å². The number of amides is 1. The second-order valence-electron chi connectivity index (χ2n) is 4.50. The first-order valence-electron chi connectivity index (χ1n) is 5.99. The highest BCUT2D eigenvalue weighted by Gasteiger charge is 2.24. The Morgan fingerprint density at radius 3 is 3.24 bits per heavy atom. The lowest BCUT2D eigenvalue weighted by Crippen LogP contribution is -2.30. The molecule has 0 aromatic heterocycles. The molecule has 5 heteroatoms. The van der Waals surface area contributed by atoms with E-state index in [1.165, 1.54) is 0 Å². The Kier molecular flexibility index (Phi) is 4.39. The molecule has 1 fully saturated rings. The number of rotatable bonds is 5. The van der Waals surface area contributed by atoms with E-state index in [1.807, 2.05) is 0 Å². The van der Waals surface area contributed by atoms with Crippen LogP contribution in [0.4, 0.5) is 0 Å². The number of carbonyl (C=O) groups is 1. The molecule has 2 heterocycles. The molecule has 0 saturated carbocycles. The first kappa shape index (κ1) is 12.4. The Hall–Kier alpha value is -1.07. The van der Waals surface area contributed by atoms with Crippen molar-refractivity contribution in [2.45, 2.75) is 18.9 Å². The standard InChI is InChI=1S/C12H19NO4/c1-15-8-11-4-10(7-17-11)12(14)13-5-9-2-3-16-6-9/h7,9,11H,2-6,8H2,1H3,(H,13,14). The predicted molar refractivity (Wildman–Crippen MR) is 61.4 cm³/mol. The van der Waals surface area contributed by atoms with Gasteiger partial charge in [0.15, 0.2) is 0 Å². The normalized spacial score (nSPS) is 27.7. The van der Waals surface area contributed by atoms with Crippen LogP contribution in [-0.2, 0) is 19.0 Å². The zero-order valence-corrected chi connectivity index (χ0v) is 10.1. The smallest absolute Gasteiger partial charge is 0.250 e. The lowest BCUT2D eigenvalue weighted by molar-refractivity contribution is -0.117. The molecule has 0 spiro atoms. The third kappa shape index (κ3) is 3.44. The van der Waals surface area contributed by atoms with Gasteiger partial charge in [-0.05, 0) is 6.42 Å². The first-order valence-corrected chi connectivity index (χ1v) is 5.99. The first-order chi connectivity index (χ1) is 8.29. The summed E-state index contributed by atoms with van der Waals surface area (Å²) in [5, 5.41) is 2.92. The van der Waals surface area contributed by atoms with Crippen LogP contribution in [0.15, 0.2) is 11.8 Å². The van der Waals surface area contributed by atoms with E-state index in [9.17, 15) is 4.79 Å². The number of carbonyl (C=O) groups excluding carboxylic acids is 1. The topological polar surface area (TPSA) is 56.8 Å². The number of methoxy groups -OCH3 is 1. The van der Waals surface area contributed by atoms with Crippen LogP contribution < -0.4 is 5.32 Å². The van der Waals surface area contributed by atoms with E-state index in [0.717, 1.165) is 19.6 Å². The summed E-state index contributed by atoms with van der Waals surface area (Å²) in [5.74, 6) is 0.423. The van der Waals surface area contributed by atoms with Crippen molar-refractivity contribution in [3.63, 3.8) is 0 Å². The molecular weight excluding hydrogens is 222 g/mol. The number of nitrogens with one attached hydrogen (secondary N) is 1. The zero-order valence-electron chi connectivity index (χ0n) is 10.1. The fourth-order valence-corrected chi connectivity index (χ4v) is 2.05. The molecule has 96 valence electrons. The molecule has 0 aliphatic carbocycles. The second-order valence-corrected chi connectivity index (χ2v) is 4.50. The largest absolute Gasteiger partial charge is 0.495 e. The van der Waals surface area contributed by atoms with Crippen LogP contribution in [0, 0.1) is 5.92 Å². The minimum Gasteiger partial charge on any atom is -0.495 e. The predicted octanol–water partition coefficient (Wildman–Crippen LogP) is 0.458. The van der Waals surface area contributed by atoms with Gasteiger partial charge in [-0.1, -0.05) is 0 Å². The summed E-state index contributed by atoms with van der Waals surface area (Å²) in [6.45, 7) is 2.76. The highest BCUT2D eigenvalue weighted by Crippen LogP contribution is 2.18. The molecule has 17 heavy (non-hydrogen) atoms. The molecule has 2 aliphatic rings. The van der Waals surface area contributed by atoms with Gasteiger partial charge in [0.1, 0.15) is 6.10 Å². The van der Waals surface area contributed by atoms with Crippen molar-refractivity contribution < 1.29 is 19.0 Å². The molecule has 1 amide bonds. The quantitative estimate of drug-likeness (QED) is 0.759. The van der Waals surface area contributed by atoms with Crippen molar-refractivity contribution in [3.05, 3.63) is 11.8 Å². The van der Waals surface area contributed by atoms with Gasteiger partial charge in [-0.2, -0.15) is 0 Å². The fourth-order valence-electron chi connectivity index (χ4n) is 2.05. The van der Waals surface area contributed by atoms with Crippen molar-refractivity contribution in [2.24, 2.45) is 5.92 Å². The molecule has 2 aliphatic heterocycles. The lowest BCUT2D eigenvalue weighted by Gasteiger charge is -2.10. The molecule has 2 atom stereocenters. The van der Waals surface area contributed by atoms with Crippen LogP contribution in [0.1, 0.15) is 12.8 Å². The molecule has 0 radical (unpaired) electrons. The van der Waals surface area contributed by atoms with E-state index < -0.39 is 0 Å². The number of hydrogen-bond acceptors (Lipinski definition) is 4. The summed E-state index contributed by atoms with van der Waals surface area (Å²) < 4.78 is 15.6. The van der Waals surface area contributed by atoms with E-state index >= 15 is 0 Å². The summed E-state index contributed by atoms with van der Waals surface area (Å²) in [6, 6.07) is 0. The van der Waals surface area contributed by atoms with E-state index in [0.29, 0.717) is 31.1 Å². The minimum absolute atomic E-state index is 0.0180. The van der Waals surface area contributed by atoms with Crippen molar-refractivity contribution in [1.29, 1.82) is 0 Å². The summed E-state index contributed by atoms with van der Waals surface area (Å²) >= 11 is 0. The SMILES string of the molecule is COCC1CC(C(=O)NCC2CCOC2)=CO1. The Morgan fingerprint density at radius 2 is 2.53 bits per heavy atom. The molecular formula is C12H19NO4. The van der Waals surface area contributed by atoms with Crippen molar-refractivity contribution in [3.8, 4) is 0 Å². The molecule has 0 aromatic rings. The highest BCUT2D eigenvalue weighted by molar-refractivity contribution is 5.93. The Bertz CT molecular complexity index is 297. The van der Waals surface area contributed by atoms with Gasteiger partial charge in [0.2, 0.25) is 5.91 Å². The van der Waals surface area contributed by atoms with E-state index in [-0.39, 0.29) is 12.0 Å². The molecule has 2 unspecified atom stereocenters. The molecule has 0 aromatic carbocycles. The Balaban J connectivity index is 1.69. The van der Waals surface area contributed by atoms with Crippen molar-refractivity contribution in [1.82, 2.24) is 5.32 Å². The monoisotopic (exact) mass is 241 g/mol. The third-order valence-electron chi connectivity index (χ3n) is 3.07. The van der Waals surface area contributed by atoms with Gasteiger partial charge < -0.3 is 19.5 Å². The lowest BCUT2D eigenvalue weighted by atomic mass is 10.1. The van der Waals surface area contributed by atoms with Gasteiger partial charge in [0.05, 0.1) is 25.0 Å². The molecule has 5 nitrogen and oxygen atoms in total. The van der Waals surface area contributed by atoms with E-state index in [2.05, 4.69) is 5.32 Å². The third-order valence-corrected chi connectivity index (χ3v) is 3.07. The average Bonchev–Trinajstić information content (AvgIpc) is 2.97. The minimum atomic E-state index is -0.0319. The van der Waals surface area contributed by atoms with Gasteiger partial charge in [-0.3, -0.25) is 4.79 Å². The Morgan fingerprint density at radius 1 is 1.65 bits per heavy atom. The second kappa shape index (κ2) is 6.02. The van der Waals surface area contributed by atoms with Gasteiger partial charge in [-0.25, -0.2) is 0 Å². The van der Waals surface area contributed by atoms with Crippen LogP contribution in [0.2, 0.25) is 0 Å². The maximum absolute atomic E-state index is 11.8. The summed E-state index contributed by atoms with van der Waals surface area (Å²) in [6.07, 6.45) is 3.18. The van der Waals surface area contributed by atoms with Crippen LogP contribution in [0.25, 0.3) is 0 Å². The fraction of sp³-hybridized carbons (Fsp3) is 0.750. The number of ether oxygens (including phenoxy) is 3. The summed E-state index contributed by atoms with van der Waals surface area (Å²) in [7, 11) is 1.63. The van der Waals surface area contributed by atoms with E-state index in [1.54, 1.807) is 13.4 Å². The van der Waals surface area contributed by atoms with Gasteiger partial charge in [-0.15, -0.1) is 0 Å². The Labute approximate surface area is 101 Å². The molecule has 1 saturated heterocycles. The number of hydrogen-bond donors (Lipinski definition) is 1. The zero-order chi connectivity index (χ0) is 12.1. The van der Waals surface area contributed by atoms with Crippen LogP contribution in [0.5, 0.6) is 0 Å². The van der Waals surface area contributed by atoms with Crippen LogP contribution in [0.3, 0.4) is 0 Å². The maximum atomic E-state index is 11.8. The average molecular weight is 241 g/mol. The highest BCUT2D eigenvalue weighted by atomic mass is 16.5. The summed E-state index contributed by atoms with van der Waals surface area (Å²) in [4.78, 5) is 11.8. The molecule has 0 bridgehead atoms. The van der Waals surface area contributed by atoms with Crippen molar-refractivity contribution >= 4 is 5.91 Å². The maximum Gasteiger partial charge on any atom is 0.250 e. The summed E-state index contributed by atoms with van der Waals surface area (Å²) in [5.41, 5.74) is 0.700. The molecule has 1 N–H and O–H groups in total. The van der Waals surface area contributed by atoms with Crippen LogP contribution >= 0.6 is 0 Å². The molecule has 2 rings (SSSR count). The van der Waals surface area contributed by atoms with Crippen LogP contribution in [-0.4, -0.2) is 45.5 Å². The van der Waals surface area contributed by atoms with Gasteiger partial charge >= 0.3 is 0 Å². The van der Waals surface area contributed by atoms with Crippen molar-refractivity contribution in [2.75, 3.05) is 33.5 Å². The van der Waals surface area contributed by atoms with Gasteiger partial charge in [0.25, 0.3) is 0 Å².